The summed E-state index contributed by atoms with van der Waals surface area (Å²) in [6.07, 6.45) is 0. The van der Waals surface area contributed by atoms with Gasteiger partial charge in [0.15, 0.2) is 0 Å². The summed E-state index contributed by atoms with van der Waals surface area (Å²) < 4.78 is 28.6. The third-order valence-electron chi connectivity index (χ3n) is 6.06. The molecule has 3 rings (SSSR count). The Kier molecular flexibility index (Phi) is 10.4. The number of carbonyl (C=O) groups excluding carboxylic acids is 2. The summed E-state index contributed by atoms with van der Waals surface area (Å²) in [5, 5.41) is 3.57. The van der Waals surface area contributed by atoms with Gasteiger partial charge in [-0.15, -0.1) is 0 Å². The molecule has 0 saturated carbocycles. The minimum atomic E-state index is -4.20. The van der Waals surface area contributed by atoms with Crippen molar-refractivity contribution in [2.45, 2.75) is 45.2 Å². The molecular weight excluding hydrogens is 557 g/mol. The van der Waals surface area contributed by atoms with Gasteiger partial charge in [-0.1, -0.05) is 72.9 Å². The Hall–Kier alpha value is -3.07. The molecule has 10 heteroatoms. The maximum absolute atomic E-state index is 13.9. The average molecular weight is 591 g/mol. The Morgan fingerprint density at radius 2 is 1.56 bits per heavy atom. The molecule has 0 fully saturated rings. The van der Waals surface area contributed by atoms with Crippen LogP contribution in [-0.4, -0.2) is 44.3 Å². The van der Waals surface area contributed by atoms with Gasteiger partial charge in [0, 0.05) is 23.1 Å². The lowest BCUT2D eigenvalue weighted by molar-refractivity contribution is -0.139. The fourth-order valence-electron chi connectivity index (χ4n) is 3.94. The van der Waals surface area contributed by atoms with Crippen LogP contribution in [0.25, 0.3) is 0 Å². The number of hydrogen-bond acceptors (Lipinski definition) is 4. The predicted octanol–water partition coefficient (Wildman–Crippen LogP) is 5.69. The van der Waals surface area contributed by atoms with Crippen LogP contribution < -0.4 is 9.62 Å². The Balaban J connectivity index is 2.01. The van der Waals surface area contributed by atoms with E-state index < -0.39 is 28.5 Å². The van der Waals surface area contributed by atoms with E-state index in [9.17, 15) is 18.0 Å². The van der Waals surface area contributed by atoms with Crippen molar-refractivity contribution in [2.24, 2.45) is 5.92 Å². The molecule has 2 amide bonds. The fraction of sp³-hybridized carbons (Fsp3) is 0.310. The van der Waals surface area contributed by atoms with Crippen molar-refractivity contribution in [2.75, 3.05) is 17.4 Å². The SMILES string of the molecule is Cc1cccc(CN(C(=O)CN(c2cccc(Cl)c2)S(=O)(=O)c2ccc(Cl)cc2)[C@@H](C)C(=O)NCC(C)C)c1. The molecule has 0 radical (unpaired) electrons. The Labute approximate surface area is 240 Å². The van der Waals surface area contributed by atoms with Crippen LogP contribution in [0, 0.1) is 12.8 Å². The monoisotopic (exact) mass is 589 g/mol. The number of halogens is 2. The lowest BCUT2D eigenvalue weighted by Crippen LogP contribution is -2.51. The molecule has 0 heterocycles. The number of aryl methyl sites for hydroxylation is 1. The number of nitrogens with one attached hydrogen (secondary N) is 1. The summed E-state index contributed by atoms with van der Waals surface area (Å²) in [5.41, 5.74) is 2.04. The van der Waals surface area contributed by atoms with Gasteiger partial charge in [-0.25, -0.2) is 8.42 Å². The van der Waals surface area contributed by atoms with Crippen LogP contribution in [0.3, 0.4) is 0 Å². The molecule has 3 aromatic rings. The quantitative estimate of drug-likeness (QED) is 0.311. The molecule has 0 spiro atoms. The first-order chi connectivity index (χ1) is 18.4. The highest BCUT2D eigenvalue weighted by Crippen LogP contribution is 2.27. The van der Waals surface area contributed by atoms with Crippen LogP contribution in [0.1, 0.15) is 31.9 Å². The number of amides is 2. The number of nitrogens with zero attached hydrogens (tertiary/aromatic N) is 2. The number of hydrogen-bond donors (Lipinski definition) is 1. The molecule has 7 nitrogen and oxygen atoms in total. The van der Waals surface area contributed by atoms with Crippen LogP contribution in [0.15, 0.2) is 77.7 Å². The first-order valence-electron chi connectivity index (χ1n) is 12.5. The first kappa shape index (κ1) is 30.5. The summed E-state index contributed by atoms with van der Waals surface area (Å²) in [5.74, 6) is -0.634. The third-order valence-corrected chi connectivity index (χ3v) is 8.34. The largest absolute Gasteiger partial charge is 0.354 e. The van der Waals surface area contributed by atoms with Crippen LogP contribution >= 0.6 is 23.2 Å². The van der Waals surface area contributed by atoms with Crippen molar-refractivity contribution >= 4 is 50.7 Å². The molecule has 1 atom stereocenters. The zero-order chi connectivity index (χ0) is 28.7. The summed E-state index contributed by atoms with van der Waals surface area (Å²) in [4.78, 5) is 28.3. The second kappa shape index (κ2) is 13.3. The van der Waals surface area contributed by atoms with E-state index in [0.29, 0.717) is 16.6 Å². The molecular formula is C29H33Cl2N3O4S. The predicted molar refractivity (Wildman–Crippen MR) is 156 cm³/mol. The van der Waals surface area contributed by atoms with Crippen LogP contribution in [0.5, 0.6) is 0 Å². The van der Waals surface area contributed by atoms with Crippen molar-refractivity contribution in [3.05, 3.63) is 94.0 Å². The molecule has 208 valence electrons. The van der Waals surface area contributed by atoms with E-state index in [-0.39, 0.29) is 29.0 Å². The number of sulfonamides is 1. The van der Waals surface area contributed by atoms with Crippen molar-refractivity contribution in [3.63, 3.8) is 0 Å². The Bertz CT molecular complexity index is 1410. The topological polar surface area (TPSA) is 86.8 Å². The van der Waals surface area contributed by atoms with Crippen molar-refractivity contribution in [1.82, 2.24) is 10.2 Å². The molecule has 1 N–H and O–H groups in total. The van der Waals surface area contributed by atoms with Gasteiger partial charge in [0.1, 0.15) is 12.6 Å². The third kappa shape index (κ3) is 8.21. The molecule has 3 aromatic carbocycles. The van der Waals surface area contributed by atoms with Gasteiger partial charge in [-0.2, -0.15) is 0 Å². The molecule has 39 heavy (non-hydrogen) atoms. The second-order valence-electron chi connectivity index (χ2n) is 9.77. The summed E-state index contributed by atoms with van der Waals surface area (Å²) in [7, 11) is -4.20. The normalized spacial score (nSPS) is 12.2. The van der Waals surface area contributed by atoms with Crippen LogP contribution in [0.4, 0.5) is 5.69 Å². The zero-order valence-corrected chi connectivity index (χ0v) is 24.7. The van der Waals surface area contributed by atoms with Gasteiger partial charge < -0.3 is 10.2 Å². The number of rotatable bonds is 11. The number of anilines is 1. The molecule has 0 aliphatic heterocycles. The molecule has 0 aliphatic rings. The van der Waals surface area contributed by atoms with E-state index >= 15 is 0 Å². The summed E-state index contributed by atoms with van der Waals surface area (Å²) >= 11 is 12.2. The van der Waals surface area contributed by atoms with E-state index in [1.165, 1.54) is 35.2 Å². The first-order valence-corrected chi connectivity index (χ1v) is 14.7. The minimum Gasteiger partial charge on any atom is -0.354 e. The van der Waals surface area contributed by atoms with Gasteiger partial charge in [0.2, 0.25) is 11.8 Å². The van der Waals surface area contributed by atoms with E-state index in [1.54, 1.807) is 25.1 Å². The van der Waals surface area contributed by atoms with Gasteiger partial charge in [-0.05, 0) is 67.8 Å². The van der Waals surface area contributed by atoms with Gasteiger partial charge in [-0.3, -0.25) is 13.9 Å². The van der Waals surface area contributed by atoms with E-state index in [1.807, 2.05) is 45.0 Å². The number of benzene rings is 3. The molecule has 0 aromatic heterocycles. The fourth-order valence-corrected chi connectivity index (χ4v) is 5.65. The Morgan fingerprint density at radius 1 is 0.897 bits per heavy atom. The van der Waals surface area contributed by atoms with Gasteiger partial charge >= 0.3 is 0 Å². The second-order valence-corrected chi connectivity index (χ2v) is 12.5. The highest BCUT2D eigenvalue weighted by atomic mass is 35.5. The smallest absolute Gasteiger partial charge is 0.264 e. The Morgan fingerprint density at radius 3 is 2.18 bits per heavy atom. The van der Waals surface area contributed by atoms with Crippen LogP contribution in [0.2, 0.25) is 10.0 Å². The maximum Gasteiger partial charge on any atom is 0.264 e. The van der Waals surface area contributed by atoms with Crippen molar-refractivity contribution in [1.29, 1.82) is 0 Å². The average Bonchev–Trinajstić information content (AvgIpc) is 2.88. The highest BCUT2D eigenvalue weighted by molar-refractivity contribution is 7.92. The molecule has 0 saturated heterocycles. The zero-order valence-electron chi connectivity index (χ0n) is 22.4. The summed E-state index contributed by atoms with van der Waals surface area (Å²) in [6.45, 7) is 7.57. The molecule has 0 aliphatic carbocycles. The van der Waals surface area contributed by atoms with Gasteiger partial charge in [0.25, 0.3) is 10.0 Å². The maximum atomic E-state index is 13.9. The highest BCUT2D eigenvalue weighted by Gasteiger charge is 2.32. The lowest BCUT2D eigenvalue weighted by Gasteiger charge is -2.32. The number of carbonyl (C=O) groups is 2. The van der Waals surface area contributed by atoms with Crippen molar-refractivity contribution in [3.8, 4) is 0 Å². The molecule has 0 unspecified atom stereocenters. The van der Waals surface area contributed by atoms with E-state index in [0.717, 1.165) is 15.4 Å². The summed E-state index contributed by atoms with van der Waals surface area (Å²) in [6, 6.07) is 18.7. The van der Waals surface area contributed by atoms with Crippen molar-refractivity contribution < 1.29 is 18.0 Å². The molecule has 0 bridgehead atoms. The van der Waals surface area contributed by atoms with E-state index in [4.69, 9.17) is 23.2 Å². The van der Waals surface area contributed by atoms with Crippen LogP contribution in [-0.2, 0) is 26.2 Å². The lowest BCUT2D eigenvalue weighted by atomic mass is 10.1. The van der Waals surface area contributed by atoms with Gasteiger partial charge in [0.05, 0.1) is 10.6 Å². The minimum absolute atomic E-state index is 0.0346. The standard InChI is InChI=1S/C29H33Cl2N3O4S/c1-20(2)17-32-29(36)22(4)33(18-23-8-5-7-21(3)15-23)28(35)19-34(26-10-6-9-25(31)16-26)39(37,38)27-13-11-24(30)12-14-27/h5-16,20,22H,17-19H2,1-4H3,(H,32,36)/t22-/m0/s1. The van der Waals surface area contributed by atoms with E-state index in [2.05, 4.69) is 5.32 Å².